The molecule has 1 saturated heterocycles. The van der Waals surface area contributed by atoms with Gasteiger partial charge >= 0.3 is 6.03 Å². The van der Waals surface area contributed by atoms with Crippen LogP contribution < -0.4 is 10.1 Å². The van der Waals surface area contributed by atoms with Crippen molar-refractivity contribution in [2.24, 2.45) is 0 Å². The van der Waals surface area contributed by atoms with E-state index >= 15 is 0 Å². The van der Waals surface area contributed by atoms with E-state index in [-0.39, 0.29) is 23.8 Å². The number of methoxy groups -OCH3 is 1. The normalized spacial score (nSPS) is 20.6. The van der Waals surface area contributed by atoms with Gasteiger partial charge in [-0.05, 0) is 61.7 Å². The van der Waals surface area contributed by atoms with E-state index in [0.29, 0.717) is 35.9 Å². The van der Waals surface area contributed by atoms with Crippen LogP contribution in [0, 0.1) is 5.82 Å². The van der Waals surface area contributed by atoms with Gasteiger partial charge in [-0.3, -0.25) is 4.90 Å². The number of nitrogens with zero attached hydrogens (tertiary/aromatic N) is 3. The van der Waals surface area contributed by atoms with Gasteiger partial charge in [-0.25, -0.2) is 9.18 Å². The molecule has 34 heavy (non-hydrogen) atoms. The molecule has 1 aromatic heterocycles. The number of benzene rings is 2. The minimum atomic E-state index is -0.499. The van der Waals surface area contributed by atoms with Crippen molar-refractivity contribution in [2.45, 2.75) is 31.9 Å². The Labute approximate surface area is 196 Å². The highest BCUT2D eigenvalue weighted by atomic mass is 19.1. The van der Waals surface area contributed by atoms with Crippen molar-refractivity contribution < 1.29 is 23.2 Å². The number of allylic oxidation sites excluding steroid dienone is 1. The highest BCUT2D eigenvalue weighted by Gasteiger charge is 2.37. The van der Waals surface area contributed by atoms with Gasteiger partial charge in [0.1, 0.15) is 11.6 Å². The molecular formula is C25H25FN4O4. The third kappa shape index (κ3) is 4.26. The number of nitrogens with one attached hydrogen (secondary N) is 1. The van der Waals surface area contributed by atoms with E-state index in [1.54, 1.807) is 24.1 Å². The number of rotatable bonds is 6. The first-order chi connectivity index (χ1) is 16.5. The van der Waals surface area contributed by atoms with Gasteiger partial charge in [0.15, 0.2) is 0 Å². The summed E-state index contributed by atoms with van der Waals surface area (Å²) in [7, 11) is 1.60. The lowest BCUT2D eigenvalue weighted by Crippen LogP contribution is -2.48. The maximum absolute atomic E-state index is 13.4. The fraction of sp³-hybridized carbons (Fsp3) is 0.320. The monoisotopic (exact) mass is 464 g/mol. The Morgan fingerprint density at radius 2 is 1.94 bits per heavy atom. The summed E-state index contributed by atoms with van der Waals surface area (Å²) in [5, 5.41) is 7.20. The first kappa shape index (κ1) is 22.1. The van der Waals surface area contributed by atoms with Crippen LogP contribution in [0.5, 0.6) is 5.75 Å². The van der Waals surface area contributed by atoms with Crippen molar-refractivity contribution in [2.75, 3.05) is 20.3 Å². The van der Waals surface area contributed by atoms with Crippen LogP contribution in [0.4, 0.5) is 9.18 Å². The largest absolute Gasteiger partial charge is 0.497 e. The maximum Gasteiger partial charge on any atom is 0.322 e. The molecule has 0 saturated carbocycles. The molecule has 0 bridgehead atoms. The van der Waals surface area contributed by atoms with E-state index < -0.39 is 6.04 Å². The molecule has 5 rings (SSSR count). The van der Waals surface area contributed by atoms with Gasteiger partial charge in [-0.15, -0.1) is 0 Å². The predicted molar refractivity (Wildman–Crippen MR) is 122 cm³/mol. The van der Waals surface area contributed by atoms with E-state index in [2.05, 4.69) is 15.5 Å². The van der Waals surface area contributed by atoms with Gasteiger partial charge < -0.3 is 19.3 Å². The van der Waals surface area contributed by atoms with Crippen molar-refractivity contribution in [3.8, 4) is 17.1 Å². The molecule has 1 fully saturated rings. The van der Waals surface area contributed by atoms with Crippen LogP contribution in [0.3, 0.4) is 0 Å². The Morgan fingerprint density at radius 3 is 2.62 bits per heavy atom. The summed E-state index contributed by atoms with van der Waals surface area (Å²) in [6, 6.07) is 12.6. The Bertz CT molecular complexity index is 1200. The molecule has 8 nitrogen and oxygen atoms in total. The Morgan fingerprint density at radius 1 is 1.18 bits per heavy atom. The summed E-state index contributed by atoms with van der Waals surface area (Å²) in [4.78, 5) is 19.4. The van der Waals surface area contributed by atoms with Crippen molar-refractivity contribution in [3.63, 3.8) is 0 Å². The van der Waals surface area contributed by atoms with Crippen LogP contribution in [0.25, 0.3) is 17.0 Å². The highest BCUT2D eigenvalue weighted by Crippen LogP contribution is 2.38. The summed E-state index contributed by atoms with van der Waals surface area (Å²) >= 11 is 0. The first-order valence-corrected chi connectivity index (χ1v) is 11.2. The van der Waals surface area contributed by atoms with Crippen LogP contribution in [-0.2, 0) is 4.74 Å². The predicted octanol–water partition coefficient (Wildman–Crippen LogP) is 4.56. The molecule has 3 heterocycles. The lowest BCUT2D eigenvalue weighted by atomic mass is 9.94. The van der Waals surface area contributed by atoms with Crippen LogP contribution >= 0.6 is 0 Å². The summed E-state index contributed by atoms with van der Waals surface area (Å²) in [5.41, 5.74) is 2.89. The summed E-state index contributed by atoms with van der Waals surface area (Å²) < 4.78 is 30.1. The summed E-state index contributed by atoms with van der Waals surface area (Å²) in [5.74, 6) is 0.997. The topological polar surface area (TPSA) is 89.7 Å². The maximum atomic E-state index is 13.4. The molecule has 176 valence electrons. The third-order valence-electron chi connectivity index (χ3n) is 6.21. The Kier molecular flexibility index (Phi) is 6.02. The average molecular weight is 464 g/mol. The van der Waals surface area contributed by atoms with Crippen LogP contribution in [-0.4, -0.2) is 47.4 Å². The molecule has 2 amide bonds. The van der Waals surface area contributed by atoms with Gasteiger partial charge in [0.25, 0.3) is 5.89 Å². The smallest absolute Gasteiger partial charge is 0.322 e. The zero-order chi connectivity index (χ0) is 23.7. The van der Waals surface area contributed by atoms with Crippen LogP contribution in [0.2, 0.25) is 0 Å². The van der Waals surface area contributed by atoms with E-state index in [9.17, 15) is 9.18 Å². The summed E-state index contributed by atoms with van der Waals surface area (Å²) in [6.45, 7) is 3.02. The molecule has 3 aromatic rings. The Hall–Kier alpha value is -3.72. The minimum Gasteiger partial charge on any atom is -0.497 e. The number of hydrogen-bond acceptors (Lipinski definition) is 6. The second-order valence-corrected chi connectivity index (χ2v) is 8.33. The van der Waals surface area contributed by atoms with E-state index in [1.807, 2.05) is 31.2 Å². The van der Waals surface area contributed by atoms with Gasteiger partial charge in [0.2, 0.25) is 5.82 Å². The van der Waals surface area contributed by atoms with Crippen molar-refractivity contribution in [1.29, 1.82) is 0 Å². The van der Waals surface area contributed by atoms with Gasteiger partial charge in [-0.1, -0.05) is 17.3 Å². The quantitative estimate of drug-likeness (QED) is 0.575. The van der Waals surface area contributed by atoms with Gasteiger partial charge in [-0.2, -0.15) is 4.98 Å². The van der Waals surface area contributed by atoms with Crippen molar-refractivity contribution in [1.82, 2.24) is 20.4 Å². The first-order valence-electron chi connectivity index (χ1n) is 11.2. The number of carbonyl (C=O) groups is 1. The van der Waals surface area contributed by atoms with Gasteiger partial charge in [0, 0.05) is 17.9 Å². The van der Waals surface area contributed by atoms with Crippen LogP contribution in [0.1, 0.15) is 37.3 Å². The second kappa shape index (κ2) is 9.26. The van der Waals surface area contributed by atoms with E-state index in [0.717, 1.165) is 24.1 Å². The lowest BCUT2D eigenvalue weighted by Gasteiger charge is -2.36. The number of hydrogen-bond donors (Lipinski definition) is 1. The molecule has 0 radical (unpaired) electrons. The minimum absolute atomic E-state index is 0.0167. The van der Waals surface area contributed by atoms with E-state index in [1.165, 1.54) is 12.1 Å². The zero-order valence-electron chi connectivity index (χ0n) is 19.0. The zero-order valence-corrected chi connectivity index (χ0v) is 19.0. The van der Waals surface area contributed by atoms with Crippen molar-refractivity contribution >= 4 is 11.6 Å². The molecule has 0 aliphatic carbocycles. The fourth-order valence-electron chi connectivity index (χ4n) is 4.37. The number of aromatic nitrogens is 2. The molecule has 2 aromatic carbocycles. The molecule has 9 heteroatoms. The number of halogens is 1. The molecule has 0 spiro atoms. The number of ether oxygens (including phenoxy) is 2. The molecular weight excluding hydrogens is 439 g/mol. The summed E-state index contributed by atoms with van der Waals surface area (Å²) in [6.07, 6.45) is 1.87. The number of amides is 2. The van der Waals surface area contributed by atoms with Crippen LogP contribution in [0.15, 0.2) is 58.8 Å². The molecule has 2 atom stereocenters. The highest BCUT2D eigenvalue weighted by molar-refractivity contribution is 5.87. The number of urea groups is 1. The SMILES string of the molecule is COc1ccc(C2NC(=O)N(CC3CCCO3)C(C)=C2c2nc(-c3ccc(F)cc3)no2)cc1. The van der Waals surface area contributed by atoms with Crippen molar-refractivity contribution in [3.05, 3.63) is 71.5 Å². The molecule has 1 N–H and O–H groups in total. The van der Waals surface area contributed by atoms with E-state index in [4.69, 9.17) is 14.0 Å². The fourth-order valence-corrected chi connectivity index (χ4v) is 4.37. The third-order valence-corrected chi connectivity index (χ3v) is 6.21. The average Bonchev–Trinajstić information content (AvgIpc) is 3.54. The van der Waals surface area contributed by atoms with Gasteiger partial charge in [0.05, 0.1) is 31.4 Å². The molecule has 2 aliphatic heterocycles. The standard InChI is InChI=1S/C25H25FN4O4/c1-15-21(24-28-23(29-34-24)17-5-9-18(26)10-6-17)22(16-7-11-19(32-2)12-8-16)27-25(31)30(15)14-20-4-3-13-33-20/h5-12,20,22H,3-4,13-14H2,1-2H3,(H,27,31). The number of carbonyl (C=O) groups excluding carboxylic acids is 1. The lowest BCUT2D eigenvalue weighted by molar-refractivity contribution is 0.0877. The molecule has 2 aliphatic rings. The Balaban J connectivity index is 1.55. The second-order valence-electron chi connectivity index (χ2n) is 8.33. The molecule has 2 unspecified atom stereocenters.